The lowest BCUT2D eigenvalue weighted by Gasteiger charge is -2.20. The SMILES string of the molecule is Cl.Cl.O=C(CC1CCCC1)N[C@H]1CN(Cc2cnc[nH]2)C[C@@H]1C1CC1. The van der Waals surface area contributed by atoms with E-state index in [2.05, 4.69) is 20.2 Å². The van der Waals surface area contributed by atoms with Crippen molar-refractivity contribution in [3.63, 3.8) is 0 Å². The smallest absolute Gasteiger partial charge is 0.220 e. The molecular weight excluding hydrogens is 359 g/mol. The van der Waals surface area contributed by atoms with Crippen LogP contribution in [0.15, 0.2) is 12.5 Å². The Labute approximate surface area is 162 Å². The molecule has 0 unspecified atom stereocenters. The number of aromatic amines is 1. The topological polar surface area (TPSA) is 61.0 Å². The number of carbonyl (C=O) groups is 1. The number of imidazole rings is 1. The summed E-state index contributed by atoms with van der Waals surface area (Å²) in [5.41, 5.74) is 1.16. The number of likely N-dealkylation sites (tertiary alicyclic amines) is 1. The molecule has 2 heterocycles. The van der Waals surface area contributed by atoms with E-state index in [0.29, 0.717) is 17.9 Å². The molecule has 7 heteroatoms. The lowest BCUT2D eigenvalue weighted by molar-refractivity contribution is -0.122. The summed E-state index contributed by atoms with van der Waals surface area (Å²) in [4.78, 5) is 22.2. The van der Waals surface area contributed by atoms with Gasteiger partial charge in [0.1, 0.15) is 0 Å². The lowest BCUT2D eigenvalue weighted by atomic mass is 9.97. The van der Waals surface area contributed by atoms with E-state index in [9.17, 15) is 4.79 Å². The van der Waals surface area contributed by atoms with Gasteiger partial charge >= 0.3 is 0 Å². The number of hydrogen-bond acceptors (Lipinski definition) is 3. The van der Waals surface area contributed by atoms with Gasteiger partial charge in [-0.05, 0) is 43.4 Å². The van der Waals surface area contributed by atoms with Crippen molar-refractivity contribution in [2.24, 2.45) is 17.8 Å². The third kappa shape index (κ3) is 5.35. The minimum atomic E-state index is 0. The molecule has 3 fully saturated rings. The Morgan fingerprint density at radius 3 is 2.60 bits per heavy atom. The fraction of sp³-hybridized carbons (Fsp3) is 0.778. The van der Waals surface area contributed by atoms with Crippen LogP contribution in [0.1, 0.15) is 50.6 Å². The van der Waals surface area contributed by atoms with Crippen molar-refractivity contribution < 1.29 is 4.79 Å². The van der Waals surface area contributed by atoms with Crippen molar-refractivity contribution in [3.05, 3.63) is 18.2 Å². The summed E-state index contributed by atoms with van der Waals surface area (Å²) in [7, 11) is 0. The van der Waals surface area contributed by atoms with Crippen molar-refractivity contribution in [3.8, 4) is 0 Å². The molecular formula is C18H30Cl2N4O. The fourth-order valence-corrected chi connectivity index (χ4v) is 4.55. The van der Waals surface area contributed by atoms with Crippen LogP contribution >= 0.6 is 24.8 Å². The Morgan fingerprint density at radius 2 is 1.96 bits per heavy atom. The van der Waals surface area contributed by atoms with E-state index in [1.165, 1.54) is 38.5 Å². The van der Waals surface area contributed by atoms with Crippen LogP contribution in [0.25, 0.3) is 0 Å². The van der Waals surface area contributed by atoms with E-state index in [-0.39, 0.29) is 30.7 Å². The van der Waals surface area contributed by atoms with Crippen molar-refractivity contribution in [1.82, 2.24) is 20.2 Å². The highest BCUT2D eigenvalue weighted by atomic mass is 35.5. The van der Waals surface area contributed by atoms with Crippen molar-refractivity contribution in [1.29, 1.82) is 0 Å². The Kier molecular flexibility index (Phi) is 7.59. The normalized spacial score (nSPS) is 26.9. The first kappa shape index (κ1) is 20.5. The second kappa shape index (κ2) is 9.24. The summed E-state index contributed by atoms with van der Waals surface area (Å²) >= 11 is 0. The standard InChI is InChI=1S/C18H28N4O.2ClH/c23-18(7-13-3-1-2-4-13)21-17-11-22(9-15-8-19-12-20-15)10-16(17)14-5-6-14;;/h8,12-14,16-17H,1-7,9-11H2,(H,19,20)(H,21,23);2*1H/t16-,17+;;/m1../s1. The van der Waals surface area contributed by atoms with Crippen molar-refractivity contribution in [2.75, 3.05) is 13.1 Å². The number of nitrogens with zero attached hydrogens (tertiary/aromatic N) is 2. The van der Waals surface area contributed by atoms with E-state index in [0.717, 1.165) is 37.7 Å². The van der Waals surface area contributed by atoms with E-state index < -0.39 is 0 Å². The highest BCUT2D eigenvalue weighted by molar-refractivity contribution is 5.85. The summed E-state index contributed by atoms with van der Waals surface area (Å²) in [6.07, 6.45) is 12.2. The molecule has 0 radical (unpaired) electrons. The molecule has 142 valence electrons. The van der Waals surface area contributed by atoms with E-state index in [1.54, 1.807) is 6.33 Å². The molecule has 1 saturated heterocycles. The van der Waals surface area contributed by atoms with Crippen LogP contribution in [0.3, 0.4) is 0 Å². The molecule has 0 spiro atoms. The van der Waals surface area contributed by atoms with Crippen LogP contribution in [0.2, 0.25) is 0 Å². The molecule has 0 aromatic carbocycles. The maximum atomic E-state index is 12.4. The summed E-state index contributed by atoms with van der Waals surface area (Å²) in [6, 6.07) is 0.347. The maximum Gasteiger partial charge on any atom is 0.220 e. The predicted molar refractivity (Wildman–Crippen MR) is 103 cm³/mol. The molecule has 1 aliphatic heterocycles. The van der Waals surface area contributed by atoms with Gasteiger partial charge in [-0.3, -0.25) is 9.69 Å². The van der Waals surface area contributed by atoms with Crippen LogP contribution in [-0.2, 0) is 11.3 Å². The van der Waals surface area contributed by atoms with Gasteiger partial charge in [-0.1, -0.05) is 12.8 Å². The predicted octanol–water partition coefficient (Wildman–Crippen LogP) is 3.16. The van der Waals surface area contributed by atoms with Crippen molar-refractivity contribution in [2.45, 2.75) is 57.5 Å². The zero-order chi connectivity index (χ0) is 15.6. The monoisotopic (exact) mass is 388 g/mol. The molecule has 1 aromatic rings. The quantitative estimate of drug-likeness (QED) is 0.786. The molecule has 4 rings (SSSR count). The number of carbonyl (C=O) groups excluding carboxylic acids is 1. The van der Waals surface area contributed by atoms with Crippen LogP contribution in [0.4, 0.5) is 0 Å². The second-order valence-corrected chi connectivity index (χ2v) is 7.80. The van der Waals surface area contributed by atoms with Crippen LogP contribution in [0, 0.1) is 17.8 Å². The average Bonchev–Trinajstić information content (AvgIpc) is 2.93. The van der Waals surface area contributed by atoms with E-state index >= 15 is 0 Å². The van der Waals surface area contributed by atoms with Gasteiger partial charge in [0.25, 0.3) is 0 Å². The lowest BCUT2D eigenvalue weighted by Crippen LogP contribution is -2.41. The summed E-state index contributed by atoms with van der Waals surface area (Å²) in [5, 5.41) is 3.38. The van der Waals surface area contributed by atoms with Crippen molar-refractivity contribution >= 4 is 30.7 Å². The maximum absolute atomic E-state index is 12.4. The minimum Gasteiger partial charge on any atom is -0.352 e. The van der Waals surface area contributed by atoms with Gasteiger partial charge in [-0.15, -0.1) is 24.8 Å². The third-order valence-corrected chi connectivity index (χ3v) is 5.91. The Balaban J connectivity index is 0.00000113. The molecule has 2 atom stereocenters. The van der Waals surface area contributed by atoms with Gasteiger partial charge in [0.15, 0.2) is 0 Å². The van der Waals surface area contributed by atoms with Crippen LogP contribution in [0.5, 0.6) is 0 Å². The molecule has 1 amide bonds. The Bertz CT molecular complexity index is 529. The van der Waals surface area contributed by atoms with Gasteiger partial charge in [-0.25, -0.2) is 4.98 Å². The largest absolute Gasteiger partial charge is 0.352 e. The van der Waals surface area contributed by atoms with Gasteiger partial charge < -0.3 is 10.3 Å². The Morgan fingerprint density at radius 1 is 1.20 bits per heavy atom. The third-order valence-electron chi connectivity index (χ3n) is 5.91. The van der Waals surface area contributed by atoms with Crippen LogP contribution < -0.4 is 5.32 Å². The molecule has 25 heavy (non-hydrogen) atoms. The first-order valence-corrected chi connectivity index (χ1v) is 9.27. The van der Waals surface area contributed by atoms with E-state index in [1.807, 2.05) is 6.20 Å². The molecule has 5 nitrogen and oxygen atoms in total. The summed E-state index contributed by atoms with van der Waals surface area (Å²) in [6.45, 7) is 3.01. The molecule has 2 saturated carbocycles. The number of amides is 1. The molecule has 2 N–H and O–H groups in total. The highest BCUT2D eigenvalue weighted by Gasteiger charge is 2.43. The number of halogens is 2. The number of rotatable bonds is 6. The zero-order valence-electron chi connectivity index (χ0n) is 14.7. The number of hydrogen-bond donors (Lipinski definition) is 2. The number of H-pyrrole nitrogens is 1. The van der Waals surface area contributed by atoms with Crippen LogP contribution in [-0.4, -0.2) is 39.9 Å². The molecule has 0 bridgehead atoms. The average molecular weight is 389 g/mol. The minimum absolute atomic E-state index is 0. The first-order valence-electron chi connectivity index (χ1n) is 9.27. The number of nitrogens with one attached hydrogen (secondary N) is 2. The number of aromatic nitrogens is 2. The summed E-state index contributed by atoms with van der Waals surface area (Å²) < 4.78 is 0. The zero-order valence-corrected chi connectivity index (χ0v) is 16.3. The van der Waals surface area contributed by atoms with E-state index in [4.69, 9.17) is 0 Å². The fourth-order valence-electron chi connectivity index (χ4n) is 4.55. The molecule has 2 aliphatic carbocycles. The Hall–Kier alpha value is -0.780. The summed E-state index contributed by atoms with van der Waals surface area (Å²) in [5.74, 6) is 2.40. The van der Waals surface area contributed by atoms with Gasteiger partial charge in [0.2, 0.25) is 5.91 Å². The van der Waals surface area contributed by atoms with Gasteiger partial charge in [0.05, 0.1) is 6.33 Å². The molecule has 1 aromatic heterocycles. The second-order valence-electron chi connectivity index (χ2n) is 7.80. The molecule has 3 aliphatic rings. The first-order chi connectivity index (χ1) is 11.3. The highest BCUT2D eigenvalue weighted by Crippen LogP contribution is 2.41. The van der Waals surface area contributed by atoms with Gasteiger partial charge in [-0.2, -0.15) is 0 Å². The van der Waals surface area contributed by atoms with Gasteiger partial charge in [0, 0.05) is 44.0 Å².